The standard InChI is InChI=1S/C21H32O4/c1-5-8-9-17(7-3)15-25-21(23)19-12-10-18(11-13-19)20(22)24-14-16(4)6-2/h10-13,16-17H,5-9,14-15H2,1-4H3. The molecule has 0 saturated carbocycles. The molecule has 0 saturated heterocycles. The van der Waals surface area contributed by atoms with Gasteiger partial charge in [-0.2, -0.15) is 0 Å². The first-order valence-electron chi connectivity index (χ1n) is 9.46. The van der Waals surface area contributed by atoms with Gasteiger partial charge in [-0.25, -0.2) is 9.59 Å². The summed E-state index contributed by atoms with van der Waals surface area (Å²) in [7, 11) is 0. The molecule has 0 amide bonds. The number of hydrogen-bond donors (Lipinski definition) is 0. The van der Waals surface area contributed by atoms with Gasteiger partial charge in [0.2, 0.25) is 0 Å². The number of carbonyl (C=O) groups is 2. The molecule has 0 bridgehead atoms. The van der Waals surface area contributed by atoms with Gasteiger partial charge in [-0.15, -0.1) is 0 Å². The lowest BCUT2D eigenvalue weighted by atomic mass is 10.0. The van der Waals surface area contributed by atoms with E-state index < -0.39 is 0 Å². The van der Waals surface area contributed by atoms with Gasteiger partial charge in [0.1, 0.15) is 0 Å². The zero-order valence-corrected chi connectivity index (χ0v) is 16.0. The van der Waals surface area contributed by atoms with Crippen LogP contribution in [-0.4, -0.2) is 25.2 Å². The molecule has 25 heavy (non-hydrogen) atoms. The van der Waals surface area contributed by atoms with Crippen molar-refractivity contribution in [1.29, 1.82) is 0 Å². The minimum Gasteiger partial charge on any atom is -0.462 e. The maximum absolute atomic E-state index is 12.1. The van der Waals surface area contributed by atoms with Gasteiger partial charge in [-0.1, -0.05) is 53.4 Å². The third kappa shape index (κ3) is 7.72. The van der Waals surface area contributed by atoms with Crippen LogP contribution in [0, 0.1) is 11.8 Å². The molecule has 0 N–H and O–H groups in total. The molecule has 1 rings (SSSR count). The maximum Gasteiger partial charge on any atom is 0.338 e. The lowest BCUT2D eigenvalue weighted by Gasteiger charge is -2.14. The molecule has 0 aliphatic heterocycles. The van der Waals surface area contributed by atoms with Crippen LogP contribution in [-0.2, 0) is 9.47 Å². The Kier molecular flexibility index (Phi) is 9.90. The van der Waals surface area contributed by atoms with Crippen molar-refractivity contribution >= 4 is 11.9 Å². The fourth-order valence-electron chi connectivity index (χ4n) is 2.34. The highest BCUT2D eigenvalue weighted by molar-refractivity contribution is 5.93. The van der Waals surface area contributed by atoms with E-state index in [-0.39, 0.29) is 11.9 Å². The predicted molar refractivity (Wildman–Crippen MR) is 99.8 cm³/mol. The molecule has 1 aromatic carbocycles. The van der Waals surface area contributed by atoms with Crippen LogP contribution < -0.4 is 0 Å². The van der Waals surface area contributed by atoms with E-state index in [0.29, 0.717) is 36.2 Å². The van der Waals surface area contributed by atoms with Crippen molar-refractivity contribution in [3.05, 3.63) is 35.4 Å². The van der Waals surface area contributed by atoms with E-state index in [1.54, 1.807) is 24.3 Å². The average molecular weight is 348 g/mol. The second-order valence-corrected chi connectivity index (χ2v) is 6.70. The van der Waals surface area contributed by atoms with Crippen molar-refractivity contribution in [2.75, 3.05) is 13.2 Å². The normalized spacial score (nSPS) is 13.1. The van der Waals surface area contributed by atoms with Crippen LogP contribution in [0.3, 0.4) is 0 Å². The first-order chi connectivity index (χ1) is 12.0. The fraction of sp³-hybridized carbons (Fsp3) is 0.619. The molecule has 0 aliphatic carbocycles. The van der Waals surface area contributed by atoms with Crippen LogP contribution in [0.5, 0.6) is 0 Å². The van der Waals surface area contributed by atoms with Gasteiger partial charge in [0.05, 0.1) is 24.3 Å². The summed E-state index contributed by atoms with van der Waals surface area (Å²) in [6, 6.07) is 6.47. The highest BCUT2D eigenvalue weighted by Gasteiger charge is 2.14. The van der Waals surface area contributed by atoms with Gasteiger partial charge < -0.3 is 9.47 Å². The van der Waals surface area contributed by atoms with Crippen LogP contribution in [0.1, 0.15) is 80.5 Å². The zero-order valence-electron chi connectivity index (χ0n) is 16.0. The van der Waals surface area contributed by atoms with Crippen LogP contribution in [0.25, 0.3) is 0 Å². The van der Waals surface area contributed by atoms with Crippen molar-refractivity contribution in [3.63, 3.8) is 0 Å². The summed E-state index contributed by atoms with van der Waals surface area (Å²) < 4.78 is 10.7. The van der Waals surface area contributed by atoms with Gasteiger partial charge in [0, 0.05) is 0 Å². The van der Waals surface area contributed by atoms with Crippen molar-refractivity contribution in [2.24, 2.45) is 11.8 Å². The molecule has 4 nitrogen and oxygen atoms in total. The quantitative estimate of drug-likeness (QED) is 0.512. The van der Waals surface area contributed by atoms with E-state index in [1.165, 1.54) is 0 Å². The van der Waals surface area contributed by atoms with Crippen molar-refractivity contribution < 1.29 is 19.1 Å². The Hall–Kier alpha value is -1.84. The summed E-state index contributed by atoms with van der Waals surface area (Å²) in [5.41, 5.74) is 0.915. The van der Waals surface area contributed by atoms with E-state index in [0.717, 1.165) is 32.1 Å². The molecule has 0 aromatic heterocycles. The number of unbranched alkanes of at least 4 members (excludes halogenated alkanes) is 1. The number of carbonyl (C=O) groups excluding carboxylic acids is 2. The second kappa shape index (κ2) is 11.7. The molecule has 0 spiro atoms. The highest BCUT2D eigenvalue weighted by Crippen LogP contribution is 2.15. The van der Waals surface area contributed by atoms with Crippen LogP contribution >= 0.6 is 0 Å². The Balaban J connectivity index is 2.51. The lowest BCUT2D eigenvalue weighted by Crippen LogP contribution is -2.14. The Bertz CT molecular complexity index is 521. The summed E-state index contributed by atoms with van der Waals surface area (Å²) in [6.07, 6.45) is 5.37. The molecular formula is C21H32O4. The lowest BCUT2D eigenvalue weighted by molar-refractivity contribution is 0.0421. The number of ether oxygens (including phenoxy) is 2. The Morgan fingerprint density at radius 3 is 1.84 bits per heavy atom. The van der Waals surface area contributed by atoms with Crippen molar-refractivity contribution in [1.82, 2.24) is 0 Å². The first kappa shape index (κ1) is 21.2. The van der Waals surface area contributed by atoms with Gasteiger partial charge in [0.15, 0.2) is 0 Å². The highest BCUT2D eigenvalue weighted by atomic mass is 16.5. The molecule has 2 atom stereocenters. The van der Waals surface area contributed by atoms with Gasteiger partial charge >= 0.3 is 11.9 Å². The Morgan fingerprint density at radius 2 is 1.40 bits per heavy atom. The molecule has 140 valence electrons. The van der Waals surface area contributed by atoms with Crippen molar-refractivity contribution in [2.45, 2.75) is 59.8 Å². The van der Waals surface area contributed by atoms with Crippen LogP contribution in [0.15, 0.2) is 24.3 Å². The Labute approximate surface area is 151 Å². The summed E-state index contributed by atoms with van der Waals surface area (Å²) in [5.74, 6) is 0.0661. The number of esters is 2. The van der Waals surface area contributed by atoms with Gasteiger partial charge in [0.25, 0.3) is 0 Å². The van der Waals surface area contributed by atoms with E-state index in [2.05, 4.69) is 20.8 Å². The molecule has 0 aliphatic rings. The van der Waals surface area contributed by atoms with Gasteiger partial charge in [-0.3, -0.25) is 0 Å². The molecule has 0 heterocycles. The van der Waals surface area contributed by atoms with E-state index >= 15 is 0 Å². The predicted octanol–water partition coefficient (Wildman–Crippen LogP) is 5.26. The largest absolute Gasteiger partial charge is 0.462 e. The number of benzene rings is 1. The molecular weight excluding hydrogens is 316 g/mol. The average Bonchev–Trinajstić information content (AvgIpc) is 2.65. The van der Waals surface area contributed by atoms with Crippen LogP contribution in [0.2, 0.25) is 0 Å². The first-order valence-corrected chi connectivity index (χ1v) is 9.46. The second-order valence-electron chi connectivity index (χ2n) is 6.70. The third-order valence-electron chi connectivity index (χ3n) is 4.55. The number of hydrogen-bond acceptors (Lipinski definition) is 4. The van der Waals surface area contributed by atoms with E-state index in [1.807, 2.05) is 6.92 Å². The maximum atomic E-state index is 12.1. The smallest absolute Gasteiger partial charge is 0.338 e. The minimum atomic E-state index is -0.356. The monoisotopic (exact) mass is 348 g/mol. The number of rotatable bonds is 11. The molecule has 4 heteroatoms. The summed E-state index contributed by atoms with van der Waals surface area (Å²) in [4.78, 5) is 24.1. The zero-order chi connectivity index (χ0) is 18.7. The third-order valence-corrected chi connectivity index (χ3v) is 4.55. The summed E-state index contributed by atoms with van der Waals surface area (Å²) >= 11 is 0. The minimum absolute atomic E-state index is 0.338. The molecule has 0 radical (unpaired) electrons. The SMILES string of the molecule is CCCCC(CC)COC(=O)c1ccc(C(=O)OCC(C)CC)cc1. The molecule has 0 fully saturated rings. The Morgan fingerprint density at radius 1 is 0.880 bits per heavy atom. The summed E-state index contributed by atoms with van der Waals surface area (Å²) in [5, 5.41) is 0. The fourth-order valence-corrected chi connectivity index (χ4v) is 2.34. The van der Waals surface area contributed by atoms with Crippen LogP contribution in [0.4, 0.5) is 0 Å². The molecule has 2 unspecified atom stereocenters. The summed E-state index contributed by atoms with van der Waals surface area (Å²) in [6.45, 7) is 9.24. The topological polar surface area (TPSA) is 52.6 Å². The van der Waals surface area contributed by atoms with Crippen molar-refractivity contribution in [3.8, 4) is 0 Å². The molecule has 1 aromatic rings. The van der Waals surface area contributed by atoms with Gasteiger partial charge in [-0.05, 0) is 42.5 Å². The van der Waals surface area contributed by atoms with E-state index in [9.17, 15) is 9.59 Å². The van der Waals surface area contributed by atoms with E-state index in [4.69, 9.17) is 9.47 Å².